The van der Waals surface area contributed by atoms with Crippen LogP contribution in [0, 0.1) is 12.7 Å². The Bertz CT molecular complexity index is 859. The van der Waals surface area contributed by atoms with Gasteiger partial charge in [-0.2, -0.15) is 0 Å². The van der Waals surface area contributed by atoms with Crippen molar-refractivity contribution in [2.75, 3.05) is 13.1 Å². The van der Waals surface area contributed by atoms with Gasteiger partial charge in [-0.25, -0.2) is 9.37 Å². The first kappa shape index (κ1) is 16.0. The second-order valence-electron chi connectivity index (χ2n) is 6.64. The van der Waals surface area contributed by atoms with E-state index in [2.05, 4.69) is 26.4 Å². The molecule has 1 aliphatic rings. The molecule has 4 rings (SSSR count). The molecule has 3 aromatic rings. The summed E-state index contributed by atoms with van der Waals surface area (Å²) in [7, 11) is 0. The summed E-state index contributed by atoms with van der Waals surface area (Å²) in [5, 5.41) is 0. The van der Waals surface area contributed by atoms with Crippen molar-refractivity contribution < 1.29 is 4.39 Å². The van der Waals surface area contributed by atoms with Crippen molar-refractivity contribution in [3.63, 3.8) is 0 Å². The first-order valence-corrected chi connectivity index (χ1v) is 8.62. The van der Waals surface area contributed by atoms with E-state index in [0.29, 0.717) is 6.04 Å². The third-order valence-corrected chi connectivity index (χ3v) is 4.81. The Morgan fingerprint density at radius 1 is 1.20 bits per heavy atom. The first-order valence-electron chi connectivity index (χ1n) is 8.62. The summed E-state index contributed by atoms with van der Waals surface area (Å²) in [6.07, 6.45) is 6.63. The lowest BCUT2D eigenvalue weighted by Crippen LogP contribution is -2.22. The van der Waals surface area contributed by atoms with Crippen LogP contribution in [0.2, 0.25) is 0 Å². The quantitative estimate of drug-likeness (QED) is 0.726. The van der Waals surface area contributed by atoms with Gasteiger partial charge in [-0.15, -0.1) is 0 Å². The van der Waals surface area contributed by atoms with Gasteiger partial charge in [0.25, 0.3) is 0 Å². The molecule has 25 heavy (non-hydrogen) atoms. The molecule has 0 radical (unpaired) electrons. The van der Waals surface area contributed by atoms with E-state index < -0.39 is 0 Å². The average Bonchev–Trinajstić information content (AvgIpc) is 3.22. The Morgan fingerprint density at radius 3 is 2.92 bits per heavy atom. The standard InChI is InChI=1S/C20H21FN4/c1-15-11-23-20(17-5-3-8-22-12-17)25(15)19-7-9-24(14-19)13-16-4-2-6-18(21)10-16/h2-6,8,10-12,19H,7,9,13-14H2,1H3. The number of aryl methyl sites for hydroxylation is 1. The van der Waals surface area contributed by atoms with Gasteiger partial charge in [-0.3, -0.25) is 9.88 Å². The molecule has 1 unspecified atom stereocenters. The van der Waals surface area contributed by atoms with Gasteiger partial charge < -0.3 is 4.57 Å². The normalized spacial score (nSPS) is 17.9. The van der Waals surface area contributed by atoms with Crippen LogP contribution in [0.15, 0.2) is 55.0 Å². The molecule has 0 aliphatic carbocycles. The van der Waals surface area contributed by atoms with Gasteiger partial charge in [0.2, 0.25) is 0 Å². The molecular formula is C20H21FN4. The molecule has 128 valence electrons. The Kier molecular flexibility index (Phi) is 4.32. The molecule has 2 aromatic heterocycles. The van der Waals surface area contributed by atoms with Crippen LogP contribution in [0.3, 0.4) is 0 Å². The molecule has 0 N–H and O–H groups in total. The molecule has 1 aromatic carbocycles. The molecule has 1 fully saturated rings. The summed E-state index contributed by atoms with van der Waals surface area (Å²) in [6.45, 7) is 4.83. The van der Waals surface area contributed by atoms with Crippen LogP contribution in [0.25, 0.3) is 11.4 Å². The second-order valence-corrected chi connectivity index (χ2v) is 6.64. The van der Waals surface area contributed by atoms with Crippen molar-refractivity contribution in [3.8, 4) is 11.4 Å². The topological polar surface area (TPSA) is 34.0 Å². The lowest BCUT2D eigenvalue weighted by molar-refractivity contribution is 0.315. The van der Waals surface area contributed by atoms with Crippen LogP contribution < -0.4 is 0 Å². The number of hydrogen-bond donors (Lipinski definition) is 0. The maximum Gasteiger partial charge on any atom is 0.141 e. The van der Waals surface area contributed by atoms with E-state index in [1.165, 1.54) is 6.07 Å². The average molecular weight is 336 g/mol. The number of pyridine rings is 1. The first-order chi connectivity index (χ1) is 12.2. The zero-order chi connectivity index (χ0) is 17.2. The van der Waals surface area contributed by atoms with E-state index in [0.717, 1.165) is 48.7 Å². The minimum Gasteiger partial charge on any atom is -0.324 e. The highest BCUT2D eigenvalue weighted by atomic mass is 19.1. The predicted molar refractivity (Wildman–Crippen MR) is 95.5 cm³/mol. The summed E-state index contributed by atoms with van der Waals surface area (Å²) in [5.41, 5.74) is 3.23. The SMILES string of the molecule is Cc1cnc(-c2cccnc2)n1C1CCN(Cc2cccc(F)c2)C1. The van der Waals surface area contributed by atoms with Gasteiger partial charge in [-0.1, -0.05) is 12.1 Å². The molecular weight excluding hydrogens is 315 g/mol. The predicted octanol–water partition coefficient (Wildman–Crippen LogP) is 3.84. The van der Waals surface area contributed by atoms with Gasteiger partial charge in [0.1, 0.15) is 11.6 Å². The highest BCUT2D eigenvalue weighted by molar-refractivity contribution is 5.54. The molecule has 0 saturated carbocycles. The van der Waals surface area contributed by atoms with Crippen molar-refractivity contribution in [2.24, 2.45) is 0 Å². The monoisotopic (exact) mass is 336 g/mol. The van der Waals surface area contributed by atoms with E-state index in [9.17, 15) is 4.39 Å². The highest BCUT2D eigenvalue weighted by Crippen LogP contribution is 2.30. The number of benzene rings is 1. The van der Waals surface area contributed by atoms with Gasteiger partial charge in [0, 0.05) is 55.5 Å². The zero-order valence-corrected chi connectivity index (χ0v) is 14.3. The van der Waals surface area contributed by atoms with Crippen LogP contribution in [-0.4, -0.2) is 32.5 Å². The number of nitrogens with zero attached hydrogens (tertiary/aromatic N) is 4. The number of likely N-dealkylation sites (tertiary alicyclic amines) is 1. The molecule has 0 amide bonds. The molecule has 1 saturated heterocycles. The molecule has 0 bridgehead atoms. The Morgan fingerprint density at radius 2 is 2.12 bits per heavy atom. The molecule has 1 atom stereocenters. The third-order valence-electron chi connectivity index (χ3n) is 4.81. The summed E-state index contributed by atoms with van der Waals surface area (Å²) >= 11 is 0. The van der Waals surface area contributed by atoms with Crippen molar-refractivity contribution in [3.05, 3.63) is 72.1 Å². The number of imidazole rings is 1. The largest absolute Gasteiger partial charge is 0.324 e. The number of aromatic nitrogens is 3. The maximum absolute atomic E-state index is 13.4. The summed E-state index contributed by atoms with van der Waals surface area (Å²) in [5.74, 6) is 0.806. The number of hydrogen-bond acceptors (Lipinski definition) is 3. The van der Waals surface area contributed by atoms with E-state index in [-0.39, 0.29) is 5.82 Å². The minimum absolute atomic E-state index is 0.169. The van der Waals surface area contributed by atoms with Crippen molar-refractivity contribution >= 4 is 0 Å². The molecule has 4 nitrogen and oxygen atoms in total. The van der Waals surface area contributed by atoms with Crippen LogP contribution in [0.4, 0.5) is 4.39 Å². The van der Waals surface area contributed by atoms with E-state index in [1.54, 1.807) is 18.3 Å². The van der Waals surface area contributed by atoms with E-state index in [1.807, 2.05) is 30.6 Å². The summed E-state index contributed by atoms with van der Waals surface area (Å²) < 4.78 is 15.7. The van der Waals surface area contributed by atoms with Crippen LogP contribution in [0.1, 0.15) is 23.7 Å². The van der Waals surface area contributed by atoms with Gasteiger partial charge in [0.15, 0.2) is 0 Å². The molecule has 0 spiro atoms. The lowest BCUT2D eigenvalue weighted by Gasteiger charge is -2.19. The Labute approximate surface area is 147 Å². The Hall–Kier alpha value is -2.53. The molecule has 1 aliphatic heterocycles. The third kappa shape index (κ3) is 3.33. The van der Waals surface area contributed by atoms with E-state index >= 15 is 0 Å². The van der Waals surface area contributed by atoms with Gasteiger partial charge >= 0.3 is 0 Å². The van der Waals surface area contributed by atoms with E-state index in [4.69, 9.17) is 0 Å². The van der Waals surface area contributed by atoms with Crippen LogP contribution >= 0.6 is 0 Å². The Balaban J connectivity index is 1.53. The van der Waals surface area contributed by atoms with Crippen molar-refractivity contribution in [2.45, 2.75) is 25.9 Å². The van der Waals surface area contributed by atoms with Gasteiger partial charge in [0.05, 0.1) is 0 Å². The summed E-state index contributed by atoms with van der Waals surface area (Å²) in [6, 6.07) is 11.2. The molecule has 3 heterocycles. The smallest absolute Gasteiger partial charge is 0.141 e. The lowest BCUT2D eigenvalue weighted by atomic mass is 10.2. The molecule has 5 heteroatoms. The minimum atomic E-state index is -0.169. The highest BCUT2D eigenvalue weighted by Gasteiger charge is 2.27. The van der Waals surface area contributed by atoms with Gasteiger partial charge in [-0.05, 0) is 43.2 Å². The van der Waals surface area contributed by atoms with Crippen molar-refractivity contribution in [1.82, 2.24) is 19.4 Å². The number of halogens is 1. The fourth-order valence-electron chi connectivity index (χ4n) is 3.68. The number of rotatable bonds is 4. The second kappa shape index (κ2) is 6.76. The maximum atomic E-state index is 13.4. The summed E-state index contributed by atoms with van der Waals surface area (Å²) in [4.78, 5) is 11.2. The van der Waals surface area contributed by atoms with Crippen LogP contribution in [-0.2, 0) is 6.54 Å². The zero-order valence-electron chi connectivity index (χ0n) is 14.3. The van der Waals surface area contributed by atoms with Crippen molar-refractivity contribution in [1.29, 1.82) is 0 Å². The fourth-order valence-corrected chi connectivity index (χ4v) is 3.68. The van der Waals surface area contributed by atoms with Crippen LogP contribution in [0.5, 0.6) is 0 Å². The fraction of sp³-hybridized carbons (Fsp3) is 0.300.